The van der Waals surface area contributed by atoms with Crippen molar-refractivity contribution in [3.05, 3.63) is 146 Å². The van der Waals surface area contributed by atoms with E-state index in [-0.39, 0.29) is 10.8 Å². The first-order chi connectivity index (χ1) is 23.9. The van der Waals surface area contributed by atoms with Crippen LogP contribution in [0.2, 0.25) is 0 Å². The molecule has 0 heteroatoms. The smallest absolute Gasteiger partial charge is 0.000186 e. The number of fused-ring (bicyclic) bond motifs is 3. The van der Waals surface area contributed by atoms with Gasteiger partial charge in [0, 0.05) is 5.92 Å². The lowest BCUT2D eigenvalue weighted by Gasteiger charge is -2.54. The lowest BCUT2D eigenvalue weighted by atomic mass is 9.50. The highest BCUT2D eigenvalue weighted by Gasteiger charge is 2.49. The Labute approximate surface area is 300 Å². The molecule has 1 unspecified atom stereocenters. The minimum atomic E-state index is -0.104. The Morgan fingerprint density at radius 3 is 1.82 bits per heavy atom. The molecule has 4 aromatic rings. The van der Waals surface area contributed by atoms with E-state index in [9.17, 15) is 0 Å². The van der Waals surface area contributed by atoms with Crippen LogP contribution in [0.4, 0.5) is 0 Å². The summed E-state index contributed by atoms with van der Waals surface area (Å²) in [5.41, 5.74) is 15.1. The van der Waals surface area contributed by atoms with Gasteiger partial charge in [0.15, 0.2) is 0 Å². The third kappa shape index (κ3) is 5.23. The topological polar surface area (TPSA) is 0 Å². The van der Waals surface area contributed by atoms with Crippen molar-refractivity contribution in [1.82, 2.24) is 0 Å². The third-order valence-electron chi connectivity index (χ3n) is 13.1. The molecule has 6 aliphatic rings. The molecule has 0 N–H and O–H groups in total. The molecular formula is C50H53. The molecule has 6 aliphatic carbocycles. The van der Waals surface area contributed by atoms with E-state index in [2.05, 4.69) is 152 Å². The molecule has 4 bridgehead atoms. The highest BCUT2D eigenvalue weighted by Crippen LogP contribution is 2.59. The van der Waals surface area contributed by atoms with Crippen LogP contribution in [0.5, 0.6) is 0 Å². The van der Waals surface area contributed by atoms with Gasteiger partial charge < -0.3 is 0 Å². The first kappa shape index (κ1) is 32.0. The molecule has 4 saturated carbocycles. The van der Waals surface area contributed by atoms with Gasteiger partial charge in [-0.2, -0.15) is 0 Å². The Morgan fingerprint density at radius 2 is 1.26 bits per heavy atom. The van der Waals surface area contributed by atoms with Crippen molar-refractivity contribution in [1.29, 1.82) is 0 Å². The summed E-state index contributed by atoms with van der Waals surface area (Å²) in [5, 5.41) is 2.66. The first-order valence-electron chi connectivity index (χ1n) is 19.5. The summed E-state index contributed by atoms with van der Waals surface area (Å²) in [5.74, 6) is 4.87. The summed E-state index contributed by atoms with van der Waals surface area (Å²) in [6.07, 6.45) is 16.8. The molecule has 0 amide bonds. The maximum Gasteiger partial charge on any atom is 0.000186 e. The second-order valence-corrected chi connectivity index (χ2v) is 18.6. The van der Waals surface area contributed by atoms with Crippen LogP contribution in [0, 0.1) is 35.5 Å². The standard InChI is InChI=1S/C50H53/c1-30-20-36(45-37-22-31-21-32(24-37)25-38(45)23-31)28-41(30)47-43-27-35-26-39(49(2,3)4)18-19-40(35)42(43)29-44(48(47)50(5,6)7)46(33-14-10-8-11-15-33)34-16-12-9-13-17-34/h8-20,26,28-32,37-38,45H,21-25H2,1-7H3. The van der Waals surface area contributed by atoms with Crippen LogP contribution in [0.15, 0.2) is 103 Å². The molecule has 253 valence electrons. The van der Waals surface area contributed by atoms with E-state index in [1.54, 1.807) is 5.57 Å². The van der Waals surface area contributed by atoms with Crippen molar-refractivity contribution < 1.29 is 0 Å². The second-order valence-electron chi connectivity index (χ2n) is 18.6. The maximum atomic E-state index is 4.09. The summed E-state index contributed by atoms with van der Waals surface area (Å²) in [4.78, 5) is 0. The van der Waals surface area contributed by atoms with Crippen LogP contribution in [-0.2, 0) is 10.8 Å². The van der Waals surface area contributed by atoms with Gasteiger partial charge in [0.2, 0.25) is 0 Å². The van der Waals surface area contributed by atoms with Crippen molar-refractivity contribution in [2.24, 2.45) is 35.5 Å². The average molecular weight is 654 g/mol. The number of rotatable bonds is 4. The summed E-state index contributed by atoms with van der Waals surface area (Å²) < 4.78 is 0. The number of hydrogen-bond acceptors (Lipinski definition) is 0. The predicted octanol–water partition coefficient (Wildman–Crippen LogP) is 11.2. The number of hydrogen-bond donors (Lipinski definition) is 0. The Bertz CT molecular complexity index is 2100. The van der Waals surface area contributed by atoms with Crippen LogP contribution >= 0.6 is 0 Å². The second kappa shape index (κ2) is 11.6. The quantitative estimate of drug-likeness (QED) is 0.181. The SMILES string of the molecule is CC1C=C(C2C3CC4CC(C3)CC2C4)C=C1c1c(C(C)(C)C)c(=C(c2ccccc2)c2ccccc2)cc2c1=[C]c1cc(C(C)(C)C)ccc1-2. The fourth-order valence-electron chi connectivity index (χ4n) is 11.2. The first-order valence-corrected chi connectivity index (χ1v) is 19.5. The average Bonchev–Trinajstić information content (AvgIpc) is 3.63. The molecule has 1 atom stereocenters. The van der Waals surface area contributed by atoms with E-state index in [0.29, 0.717) is 5.92 Å². The van der Waals surface area contributed by atoms with E-state index in [4.69, 9.17) is 0 Å². The van der Waals surface area contributed by atoms with Gasteiger partial charge in [-0.1, -0.05) is 133 Å². The van der Waals surface area contributed by atoms with Gasteiger partial charge in [-0.25, -0.2) is 0 Å². The predicted molar refractivity (Wildman–Crippen MR) is 211 cm³/mol. The zero-order chi connectivity index (χ0) is 34.5. The molecule has 0 saturated heterocycles. The van der Waals surface area contributed by atoms with Crippen molar-refractivity contribution in [3.8, 4) is 11.1 Å². The third-order valence-corrected chi connectivity index (χ3v) is 13.1. The van der Waals surface area contributed by atoms with Crippen molar-refractivity contribution in [3.63, 3.8) is 0 Å². The summed E-state index contributed by atoms with van der Waals surface area (Å²) in [6.45, 7) is 16.7. The summed E-state index contributed by atoms with van der Waals surface area (Å²) in [6, 6.07) is 31.9. The molecule has 1 radical (unpaired) electrons. The van der Waals surface area contributed by atoms with E-state index in [1.807, 2.05) is 0 Å². The van der Waals surface area contributed by atoms with Gasteiger partial charge in [0.05, 0.1) is 0 Å². The van der Waals surface area contributed by atoms with Crippen molar-refractivity contribution in [2.75, 3.05) is 0 Å². The van der Waals surface area contributed by atoms with Crippen LogP contribution in [0.1, 0.15) is 114 Å². The van der Waals surface area contributed by atoms with Crippen LogP contribution in [-0.4, -0.2) is 0 Å². The molecule has 0 spiro atoms. The van der Waals surface area contributed by atoms with Gasteiger partial charge in [-0.3, -0.25) is 0 Å². The number of benzene rings is 4. The van der Waals surface area contributed by atoms with Gasteiger partial charge in [-0.15, -0.1) is 0 Å². The summed E-state index contributed by atoms with van der Waals surface area (Å²) in [7, 11) is 0. The number of allylic oxidation sites excluding steroid dienone is 4. The van der Waals surface area contributed by atoms with Gasteiger partial charge in [0.25, 0.3) is 0 Å². The normalized spacial score (nSPS) is 26.3. The minimum Gasteiger partial charge on any atom is -0.0737 e. The van der Waals surface area contributed by atoms with Crippen molar-refractivity contribution >= 4 is 17.2 Å². The maximum absolute atomic E-state index is 4.09. The lowest BCUT2D eigenvalue weighted by molar-refractivity contribution is -0.0194. The molecule has 50 heavy (non-hydrogen) atoms. The molecule has 0 heterocycles. The molecule has 0 aliphatic heterocycles. The monoisotopic (exact) mass is 653 g/mol. The fourth-order valence-corrected chi connectivity index (χ4v) is 11.2. The van der Waals surface area contributed by atoms with E-state index < -0.39 is 0 Å². The molecule has 0 nitrogen and oxygen atoms in total. The Balaban J connectivity index is 1.36. The minimum absolute atomic E-state index is 0.0809. The van der Waals surface area contributed by atoms with Crippen molar-refractivity contribution in [2.45, 2.75) is 91.4 Å². The highest BCUT2D eigenvalue weighted by atomic mass is 14.5. The highest BCUT2D eigenvalue weighted by molar-refractivity contribution is 5.92. The Morgan fingerprint density at radius 1 is 0.660 bits per heavy atom. The van der Waals surface area contributed by atoms with Crippen LogP contribution in [0.3, 0.4) is 0 Å². The molecule has 10 rings (SSSR count). The molecule has 4 fully saturated rings. The Hall–Kier alpha value is -3.90. The van der Waals surface area contributed by atoms with Gasteiger partial charge in [0.1, 0.15) is 0 Å². The largest absolute Gasteiger partial charge is 0.0737 e. The van der Waals surface area contributed by atoms with Crippen LogP contribution < -0.4 is 10.4 Å². The lowest BCUT2D eigenvalue weighted by Crippen LogP contribution is -2.45. The fraction of sp³-hybridized carbons (Fsp3) is 0.400. The van der Waals surface area contributed by atoms with E-state index in [0.717, 1.165) is 29.6 Å². The molecular weight excluding hydrogens is 601 g/mol. The van der Waals surface area contributed by atoms with Crippen LogP contribution in [0.25, 0.3) is 28.3 Å². The zero-order valence-electron chi connectivity index (χ0n) is 31.2. The zero-order valence-corrected chi connectivity index (χ0v) is 31.2. The van der Waals surface area contributed by atoms with E-state index in [1.165, 1.54) is 98.2 Å². The summed E-state index contributed by atoms with van der Waals surface area (Å²) >= 11 is 0. The van der Waals surface area contributed by atoms with Gasteiger partial charge in [-0.05, 0) is 162 Å². The molecule has 4 aromatic carbocycles. The Kier molecular flexibility index (Phi) is 7.41. The molecule has 0 aromatic heterocycles. The van der Waals surface area contributed by atoms with Gasteiger partial charge >= 0.3 is 0 Å². The van der Waals surface area contributed by atoms with E-state index >= 15 is 0 Å².